The van der Waals surface area contributed by atoms with Gasteiger partial charge in [0.05, 0.1) is 24.1 Å². The van der Waals surface area contributed by atoms with E-state index in [0.717, 1.165) is 19.3 Å². The fourth-order valence-corrected chi connectivity index (χ4v) is 5.18. The van der Waals surface area contributed by atoms with Gasteiger partial charge in [0.1, 0.15) is 18.5 Å². The van der Waals surface area contributed by atoms with Crippen molar-refractivity contribution in [2.75, 3.05) is 25.5 Å². The maximum Gasteiger partial charge on any atom is 0.319 e. The third-order valence-electron chi connectivity index (χ3n) is 6.99. The number of fused-ring (bicyclic) bond motifs is 2. The van der Waals surface area contributed by atoms with Crippen LogP contribution in [0.5, 0.6) is 5.75 Å². The van der Waals surface area contributed by atoms with Crippen molar-refractivity contribution in [3.8, 4) is 5.75 Å². The molecule has 1 aromatic carbocycles. The van der Waals surface area contributed by atoms with E-state index in [1.165, 1.54) is 19.3 Å². The summed E-state index contributed by atoms with van der Waals surface area (Å²) < 4.78 is 12.3. The van der Waals surface area contributed by atoms with Crippen molar-refractivity contribution in [2.24, 2.45) is 0 Å². The molecule has 2 aliphatic heterocycles. The molecule has 0 aromatic heterocycles. The molecule has 3 atom stereocenters. The Hall–Kier alpha value is -2.81. The van der Waals surface area contributed by atoms with Crippen LogP contribution in [0.4, 0.5) is 10.5 Å². The molecule has 1 aliphatic carbocycles. The number of rotatable bonds is 5. The van der Waals surface area contributed by atoms with E-state index >= 15 is 0 Å². The Morgan fingerprint density at radius 3 is 2.68 bits per heavy atom. The number of nitrogens with one attached hydrogen (secondary N) is 3. The van der Waals surface area contributed by atoms with E-state index in [2.05, 4.69) is 16.0 Å². The van der Waals surface area contributed by atoms with Gasteiger partial charge in [-0.15, -0.1) is 0 Å². The third kappa shape index (κ3) is 5.81. The van der Waals surface area contributed by atoms with Gasteiger partial charge in [0, 0.05) is 25.3 Å². The molecule has 0 unspecified atom stereocenters. The number of nitrogens with zero attached hydrogens (tertiary/aromatic N) is 1. The molecule has 4 amide bonds. The van der Waals surface area contributed by atoms with Gasteiger partial charge < -0.3 is 30.3 Å². The molecule has 186 valence electrons. The minimum atomic E-state index is -0.325. The summed E-state index contributed by atoms with van der Waals surface area (Å²) >= 11 is 0. The van der Waals surface area contributed by atoms with Crippen LogP contribution in [0.2, 0.25) is 0 Å². The number of likely N-dealkylation sites (N-methyl/N-ethyl adjacent to an activating group) is 1. The molecular formula is C25H36N4O5. The number of anilines is 1. The van der Waals surface area contributed by atoms with Crippen LogP contribution < -0.4 is 20.7 Å². The second kappa shape index (κ2) is 11.1. The second-order valence-corrected chi connectivity index (χ2v) is 9.47. The van der Waals surface area contributed by atoms with E-state index in [4.69, 9.17) is 9.47 Å². The molecule has 9 nitrogen and oxygen atoms in total. The monoisotopic (exact) mass is 472 g/mol. The van der Waals surface area contributed by atoms with Gasteiger partial charge in [-0.05, 0) is 50.8 Å². The third-order valence-corrected chi connectivity index (χ3v) is 6.99. The second-order valence-electron chi connectivity index (χ2n) is 9.47. The highest BCUT2D eigenvalue weighted by Gasteiger charge is 2.39. The standard InChI is InChI=1S/C25H36N4O5/c1-3-26-25(32)28-17-9-12-21-19(13-17)24(31)29(2)20-11-10-18(34-22(20)15-33-21)14-23(30)27-16-7-5-4-6-8-16/h9,12-13,16,18,20,22H,3-8,10-11,14-15H2,1-2H3,(H,27,30)(H2,26,28,32)/t18-,20-,22+/m0/s1. The quantitative estimate of drug-likeness (QED) is 0.610. The summed E-state index contributed by atoms with van der Waals surface area (Å²) in [6, 6.07) is 4.87. The van der Waals surface area contributed by atoms with E-state index in [1.54, 1.807) is 30.1 Å². The number of amides is 4. The number of carbonyl (C=O) groups is 3. The Labute approximate surface area is 200 Å². The van der Waals surface area contributed by atoms with Crippen LogP contribution in [0, 0.1) is 0 Å². The van der Waals surface area contributed by atoms with Gasteiger partial charge >= 0.3 is 6.03 Å². The topological polar surface area (TPSA) is 109 Å². The summed E-state index contributed by atoms with van der Waals surface area (Å²) in [6.45, 7) is 2.63. The van der Waals surface area contributed by atoms with Crippen LogP contribution in [-0.4, -0.2) is 67.2 Å². The van der Waals surface area contributed by atoms with Crippen molar-refractivity contribution in [2.45, 2.75) is 82.6 Å². The summed E-state index contributed by atoms with van der Waals surface area (Å²) in [5, 5.41) is 8.57. The van der Waals surface area contributed by atoms with Gasteiger partial charge in [-0.2, -0.15) is 0 Å². The highest BCUT2D eigenvalue weighted by atomic mass is 16.5. The lowest BCUT2D eigenvalue weighted by Crippen LogP contribution is -2.54. The first-order valence-electron chi connectivity index (χ1n) is 12.5. The molecule has 3 N–H and O–H groups in total. The number of urea groups is 1. The maximum atomic E-state index is 13.3. The minimum Gasteiger partial charge on any atom is -0.490 e. The Morgan fingerprint density at radius 2 is 1.91 bits per heavy atom. The number of ether oxygens (including phenoxy) is 2. The van der Waals surface area contributed by atoms with Crippen LogP contribution in [0.25, 0.3) is 0 Å². The van der Waals surface area contributed by atoms with Gasteiger partial charge in [-0.25, -0.2) is 4.79 Å². The van der Waals surface area contributed by atoms with Crippen LogP contribution in [0.3, 0.4) is 0 Å². The van der Waals surface area contributed by atoms with E-state index in [9.17, 15) is 14.4 Å². The molecule has 9 heteroatoms. The number of benzene rings is 1. The molecule has 4 rings (SSSR count). The summed E-state index contributed by atoms with van der Waals surface area (Å²) in [7, 11) is 1.78. The van der Waals surface area contributed by atoms with Crippen molar-refractivity contribution in [1.29, 1.82) is 0 Å². The van der Waals surface area contributed by atoms with Crippen LogP contribution in [0.15, 0.2) is 18.2 Å². The molecular weight excluding hydrogens is 436 g/mol. The molecule has 2 heterocycles. The highest BCUT2D eigenvalue weighted by molar-refractivity contribution is 5.99. The lowest BCUT2D eigenvalue weighted by Gasteiger charge is -2.42. The number of carbonyl (C=O) groups excluding carboxylic acids is 3. The molecule has 0 bridgehead atoms. The average Bonchev–Trinajstić information content (AvgIpc) is 2.82. The fraction of sp³-hybridized carbons (Fsp3) is 0.640. The predicted octanol–water partition coefficient (Wildman–Crippen LogP) is 3.05. The summed E-state index contributed by atoms with van der Waals surface area (Å²) in [5.41, 5.74) is 0.931. The van der Waals surface area contributed by atoms with Gasteiger partial charge in [0.25, 0.3) is 5.91 Å². The van der Waals surface area contributed by atoms with Crippen molar-refractivity contribution in [3.63, 3.8) is 0 Å². The van der Waals surface area contributed by atoms with Crippen molar-refractivity contribution >= 4 is 23.5 Å². The van der Waals surface area contributed by atoms with E-state index in [-0.39, 0.29) is 42.1 Å². The van der Waals surface area contributed by atoms with Crippen LogP contribution in [-0.2, 0) is 9.53 Å². The summed E-state index contributed by atoms with van der Waals surface area (Å²) in [5.74, 6) is 0.322. The first kappa shape index (κ1) is 24.3. The molecule has 1 saturated carbocycles. The Balaban J connectivity index is 1.39. The van der Waals surface area contributed by atoms with Gasteiger partial charge in [-0.3, -0.25) is 9.59 Å². The van der Waals surface area contributed by atoms with Crippen molar-refractivity contribution < 1.29 is 23.9 Å². The zero-order valence-electron chi connectivity index (χ0n) is 20.1. The zero-order chi connectivity index (χ0) is 24.1. The first-order chi connectivity index (χ1) is 16.4. The minimum absolute atomic E-state index is 0.0454. The predicted molar refractivity (Wildman–Crippen MR) is 128 cm³/mol. The number of hydrogen-bond donors (Lipinski definition) is 3. The highest BCUT2D eigenvalue weighted by Crippen LogP contribution is 2.32. The molecule has 2 fully saturated rings. The Kier molecular flexibility index (Phi) is 7.92. The summed E-state index contributed by atoms with van der Waals surface area (Å²) in [6.07, 6.45) is 7.02. The molecule has 0 radical (unpaired) electrons. The molecule has 34 heavy (non-hydrogen) atoms. The molecule has 3 aliphatic rings. The normalized spacial score (nSPS) is 25.2. The van der Waals surface area contributed by atoms with E-state index < -0.39 is 0 Å². The molecule has 1 saturated heterocycles. The average molecular weight is 473 g/mol. The van der Waals surface area contributed by atoms with Gasteiger partial charge in [0.2, 0.25) is 5.91 Å². The van der Waals surface area contributed by atoms with Crippen molar-refractivity contribution in [3.05, 3.63) is 23.8 Å². The SMILES string of the molecule is CCNC(=O)Nc1ccc2c(c1)C(=O)N(C)[C@H]1CC[C@@H](CC(=O)NC3CCCCC3)O[C@@H]1CO2. The zero-order valence-corrected chi connectivity index (χ0v) is 20.1. The van der Waals surface area contributed by atoms with E-state index in [0.29, 0.717) is 43.0 Å². The number of hydrogen-bond acceptors (Lipinski definition) is 5. The largest absolute Gasteiger partial charge is 0.490 e. The van der Waals surface area contributed by atoms with Gasteiger partial charge in [0.15, 0.2) is 0 Å². The van der Waals surface area contributed by atoms with Gasteiger partial charge in [-0.1, -0.05) is 19.3 Å². The lowest BCUT2D eigenvalue weighted by molar-refractivity contribution is -0.134. The van der Waals surface area contributed by atoms with Crippen LogP contribution >= 0.6 is 0 Å². The molecule has 1 aromatic rings. The Morgan fingerprint density at radius 1 is 1.12 bits per heavy atom. The first-order valence-corrected chi connectivity index (χ1v) is 12.5. The lowest BCUT2D eigenvalue weighted by atomic mass is 9.93. The van der Waals surface area contributed by atoms with Crippen LogP contribution in [0.1, 0.15) is 68.6 Å². The molecule has 0 spiro atoms. The fourth-order valence-electron chi connectivity index (χ4n) is 5.18. The van der Waals surface area contributed by atoms with E-state index in [1.807, 2.05) is 6.92 Å². The maximum absolute atomic E-state index is 13.3. The van der Waals surface area contributed by atoms with Crippen molar-refractivity contribution in [1.82, 2.24) is 15.5 Å². The Bertz CT molecular complexity index is 901. The summed E-state index contributed by atoms with van der Waals surface area (Å²) in [4.78, 5) is 39.4. The smallest absolute Gasteiger partial charge is 0.319 e.